The molecule has 0 bridgehead atoms. The van der Waals surface area contributed by atoms with Gasteiger partial charge in [0.25, 0.3) is 5.91 Å². The van der Waals surface area contributed by atoms with E-state index in [1.165, 1.54) is 32.1 Å². The lowest BCUT2D eigenvalue weighted by molar-refractivity contribution is 0.102. The average molecular weight is 393 g/mol. The van der Waals surface area contributed by atoms with Crippen molar-refractivity contribution < 1.29 is 4.79 Å². The van der Waals surface area contributed by atoms with Crippen molar-refractivity contribution in [1.29, 1.82) is 0 Å². The summed E-state index contributed by atoms with van der Waals surface area (Å²) in [7, 11) is 4.04. The molecule has 2 N–H and O–H groups in total. The van der Waals surface area contributed by atoms with Crippen molar-refractivity contribution >= 4 is 23.3 Å². The van der Waals surface area contributed by atoms with Crippen molar-refractivity contribution in [3.8, 4) is 0 Å². The molecule has 152 valence electrons. The summed E-state index contributed by atoms with van der Waals surface area (Å²) in [6, 6.07) is 13.9. The first-order valence-electron chi connectivity index (χ1n) is 10.3. The van der Waals surface area contributed by atoms with Crippen LogP contribution in [-0.2, 0) is 6.54 Å². The van der Waals surface area contributed by atoms with Crippen LogP contribution in [0.25, 0.3) is 5.65 Å². The molecule has 7 heteroatoms. The highest BCUT2D eigenvalue weighted by Gasteiger charge is 2.16. The molecule has 1 aliphatic rings. The molecule has 1 saturated carbocycles. The monoisotopic (exact) mass is 392 g/mol. The van der Waals surface area contributed by atoms with Crippen molar-refractivity contribution in [3.63, 3.8) is 0 Å². The standard InChI is InChI=1S/C22H28N6O/c1-27(2)15-16-11-13-17(14-12-16)21(29)25-22-24-20-10-6-9-19(28(20)26-22)23-18-7-4-3-5-8-18/h6,9-14,18,23H,3-5,7-8,15H2,1-2H3,(H,25,26,29). The Morgan fingerprint density at radius 3 is 2.59 bits per heavy atom. The van der Waals surface area contributed by atoms with Gasteiger partial charge >= 0.3 is 0 Å². The van der Waals surface area contributed by atoms with Gasteiger partial charge < -0.3 is 10.2 Å². The second-order valence-electron chi connectivity index (χ2n) is 7.98. The zero-order valence-corrected chi connectivity index (χ0v) is 17.1. The number of amides is 1. The number of carbonyl (C=O) groups is 1. The zero-order chi connectivity index (χ0) is 20.2. The number of aromatic nitrogens is 3. The molecule has 2 aromatic heterocycles. The van der Waals surface area contributed by atoms with E-state index in [1.54, 1.807) is 4.52 Å². The Kier molecular flexibility index (Phi) is 5.76. The Bertz CT molecular complexity index is 973. The summed E-state index contributed by atoms with van der Waals surface area (Å²) in [4.78, 5) is 19.2. The van der Waals surface area contributed by atoms with Crippen LogP contribution in [0.15, 0.2) is 42.5 Å². The Hall–Kier alpha value is -2.93. The molecule has 29 heavy (non-hydrogen) atoms. The summed E-state index contributed by atoms with van der Waals surface area (Å²) in [5.74, 6) is 1.01. The summed E-state index contributed by atoms with van der Waals surface area (Å²) in [6.07, 6.45) is 6.20. The molecule has 1 aliphatic carbocycles. The topological polar surface area (TPSA) is 74.6 Å². The molecule has 0 radical (unpaired) electrons. The summed E-state index contributed by atoms with van der Waals surface area (Å²) in [6.45, 7) is 0.840. The van der Waals surface area contributed by atoms with Crippen LogP contribution in [0.5, 0.6) is 0 Å². The second-order valence-corrected chi connectivity index (χ2v) is 7.98. The number of rotatable bonds is 6. The Balaban J connectivity index is 1.48. The van der Waals surface area contributed by atoms with E-state index >= 15 is 0 Å². The predicted molar refractivity (Wildman–Crippen MR) is 115 cm³/mol. The van der Waals surface area contributed by atoms with Crippen LogP contribution in [0.4, 0.5) is 11.8 Å². The van der Waals surface area contributed by atoms with E-state index in [0.29, 0.717) is 23.2 Å². The highest BCUT2D eigenvalue weighted by Crippen LogP contribution is 2.22. The van der Waals surface area contributed by atoms with Gasteiger partial charge in [-0.1, -0.05) is 37.5 Å². The van der Waals surface area contributed by atoms with Crippen molar-refractivity contribution in [2.45, 2.75) is 44.7 Å². The van der Waals surface area contributed by atoms with E-state index < -0.39 is 0 Å². The quantitative estimate of drug-likeness (QED) is 0.668. The molecular formula is C22H28N6O. The second kappa shape index (κ2) is 8.61. The number of nitrogens with zero attached hydrogens (tertiary/aromatic N) is 4. The first-order chi connectivity index (χ1) is 14.1. The van der Waals surface area contributed by atoms with E-state index in [1.807, 2.05) is 56.6 Å². The lowest BCUT2D eigenvalue weighted by Gasteiger charge is -2.23. The van der Waals surface area contributed by atoms with Crippen molar-refractivity contribution in [3.05, 3.63) is 53.6 Å². The van der Waals surface area contributed by atoms with Gasteiger partial charge in [0, 0.05) is 18.2 Å². The number of fused-ring (bicyclic) bond motifs is 1. The molecule has 0 saturated heterocycles. The van der Waals surface area contributed by atoms with Crippen LogP contribution >= 0.6 is 0 Å². The third-order valence-electron chi connectivity index (χ3n) is 5.26. The van der Waals surface area contributed by atoms with Crippen molar-refractivity contribution in [2.24, 2.45) is 0 Å². The minimum Gasteiger partial charge on any atom is -0.367 e. The molecule has 7 nitrogen and oxygen atoms in total. The van der Waals surface area contributed by atoms with Gasteiger partial charge in [0.2, 0.25) is 5.95 Å². The molecular weight excluding hydrogens is 364 g/mol. The van der Waals surface area contributed by atoms with Crippen LogP contribution in [0.1, 0.15) is 48.0 Å². The van der Waals surface area contributed by atoms with Gasteiger partial charge in [-0.15, -0.1) is 5.10 Å². The normalized spacial score (nSPS) is 15.0. The summed E-state index contributed by atoms with van der Waals surface area (Å²) in [5, 5.41) is 10.9. The molecule has 0 unspecified atom stereocenters. The zero-order valence-electron chi connectivity index (χ0n) is 17.1. The fraction of sp³-hybridized carbons (Fsp3) is 0.409. The molecule has 0 aliphatic heterocycles. The number of carbonyl (C=O) groups excluding carboxylic acids is 1. The maximum atomic E-state index is 12.6. The molecule has 3 aromatic rings. The minimum atomic E-state index is -0.209. The van der Waals surface area contributed by atoms with E-state index in [4.69, 9.17) is 0 Å². The number of hydrogen-bond donors (Lipinski definition) is 2. The van der Waals surface area contributed by atoms with Crippen LogP contribution in [0.2, 0.25) is 0 Å². The van der Waals surface area contributed by atoms with E-state index in [0.717, 1.165) is 17.9 Å². The highest BCUT2D eigenvalue weighted by molar-refractivity contribution is 6.03. The molecule has 1 fully saturated rings. The number of pyridine rings is 1. The van der Waals surface area contributed by atoms with Gasteiger partial charge in [-0.2, -0.15) is 9.50 Å². The van der Waals surface area contributed by atoms with Gasteiger partial charge in [-0.25, -0.2) is 0 Å². The largest absolute Gasteiger partial charge is 0.367 e. The molecule has 4 rings (SSSR count). The Labute approximate surface area is 171 Å². The van der Waals surface area contributed by atoms with Crippen LogP contribution in [-0.4, -0.2) is 45.5 Å². The minimum absolute atomic E-state index is 0.209. The lowest BCUT2D eigenvalue weighted by Crippen LogP contribution is -2.23. The van der Waals surface area contributed by atoms with Crippen LogP contribution in [0.3, 0.4) is 0 Å². The predicted octanol–water partition coefficient (Wildman–Crippen LogP) is 3.79. The summed E-state index contributed by atoms with van der Waals surface area (Å²) >= 11 is 0. The van der Waals surface area contributed by atoms with E-state index in [-0.39, 0.29) is 5.91 Å². The molecule has 2 heterocycles. The number of anilines is 2. The van der Waals surface area contributed by atoms with E-state index in [2.05, 4.69) is 25.6 Å². The van der Waals surface area contributed by atoms with Gasteiger partial charge in [0.15, 0.2) is 5.65 Å². The average Bonchev–Trinajstić information content (AvgIpc) is 3.12. The Morgan fingerprint density at radius 2 is 1.86 bits per heavy atom. The maximum absolute atomic E-state index is 12.6. The number of hydrogen-bond acceptors (Lipinski definition) is 5. The molecule has 1 aromatic carbocycles. The molecule has 0 spiro atoms. The van der Waals surface area contributed by atoms with Gasteiger partial charge in [-0.05, 0) is 56.8 Å². The maximum Gasteiger partial charge on any atom is 0.258 e. The number of nitrogens with one attached hydrogen (secondary N) is 2. The lowest BCUT2D eigenvalue weighted by atomic mass is 9.95. The van der Waals surface area contributed by atoms with Crippen molar-refractivity contribution in [1.82, 2.24) is 19.5 Å². The summed E-state index contributed by atoms with van der Waals surface area (Å²) in [5.41, 5.74) is 2.46. The van der Waals surface area contributed by atoms with E-state index in [9.17, 15) is 4.79 Å². The molecule has 1 amide bonds. The first kappa shape index (κ1) is 19.4. The van der Waals surface area contributed by atoms with Gasteiger partial charge in [0.05, 0.1) is 0 Å². The highest BCUT2D eigenvalue weighted by atomic mass is 16.1. The number of benzene rings is 1. The van der Waals surface area contributed by atoms with Gasteiger partial charge in [0.1, 0.15) is 5.82 Å². The first-order valence-corrected chi connectivity index (χ1v) is 10.3. The third kappa shape index (κ3) is 4.74. The van der Waals surface area contributed by atoms with Crippen molar-refractivity contribution in [2.75, 3.05) is 24.7 Å². The van der Waals surface area contributed by atoms with Crippen LogP contribution < -0.4 is 10.6 Å². The smallest absolute Gasteiger partial charge is 0.258 e. The van der Waals surface area contributed by atoms with Crippen LogP contribution in [0, 0.1) is 0 Å². The fourth-order valence-corrected chi connectivity index (χ4v) is 3.82. The Morgan fingerprint density at radius 1 is 1.10 bits per heavy atom. The SMILES string of the molecule is CN(C)Cc1ccc(C(=O)Nc2nc3cccc(NC4CCCCC4)n3n2)cc1. The molecule has 0 atom stereocenters. The summed E-state index contributed by atoms with van der Waals surface area (Å²) < 4.78 is 1.77. The third-order valence-corrected chi connectivity index (χ3v) is 5.26. The fourth-order valence-electron chi connectivity index (χ4n) is 3.82. The van der Waals surface area contributed by atoms with Gasteiger partial charge in [-0.3, -0.25) is 10.1 Å².